The molecule has 108 valence electrons. The Morgan fingerprint density at radius 3 is 2.80 bits per heavy atom. The number of aromatic carboxylic acids is 1. The number of benzene rings is 1. The molecule has 0 saturated carbocycles. The summed E-state index contributed by atoms with van der Waals surface area (Å²) in [5, 5.41) is 9.03. The largest absolute Gasteiger partial charge is 0.478 e. The van der Waals surface area contributed by atoms with Gasteiger partial charge in [-0.1, -0.05) is 0 Å². The fourth-order valence-electron chi connectivity index (χ4n) is 2.43. The number of aryl methyl sites for hydroxylation is 1. The molecule has 0 aliphatic carbocycles. The summed E-state index contributed by atoms with van der Waals surface area (Å²) in [6.45, 7) is 3.82. The molecule has 0 bridgehead atoms. The summed E-state index contributed by atoms with van der Waals surface area (Å²) < 4.78 is 0. The minimum atomic E-state index is -0.910. The molecule has 0 atom stereocenters. The number of carboxylic acids is 1. The van der Waals surface area contributed by atoms with E-state index in [2.05, 4.69) is 0 Å². The highest BCUT2D eigenvalue weighted by molar-refractivity contribution is 5.89. The number of hydrogen-bond donors (Lipinski definition) is 1. The van der Waals surface area contributed by atoms with E-state index in [1.165, 1.54) is 0 Å². The number of fused-ring (bicyclic) bond motifs is 1. The highest BCUT2D eigenvalue weighted by Crippen LogP contribution is 2.28. The summed E-state index contributed by atoms with van der Waals surface area (Å²) in [6.07, 6.45) is 1.81. The van der Waals surface area contributed by atoms with E-state index in [1.54, 1.807) is 24.1 Å². The normalized spacial score (nSPS) is 13.8. The first-order chi connectivity index (χ1) is 9.52. The van der Waals surface area contributed by atoms with Gasteiger partial charge in [0.25, 0.3) is 0 Å². The average molecular weight is 276 g/mol. The molecule has 1 aromatic carbocycles. The molecule has 1 aliphatic heterocycles. The molecule has 0 aromatic heterocycles. The number of likely N-dealkylation sites (N-methyl/N-ethyl adjacent to an activating group) is 1. The number of anilines is 1. The van der Waals surface area contributed by atoms with Gasteiger partial charge in [0.2, 0.25) is 5.91 Å². The fourth-order valence-corrected chi connectivity index (χ4v) is 2.43. The Labute approximate surface area is 118 Å². The minimum absolute atomic E-state index is 0.0858. The molecule has 0 saturated heterocycles. The SMILES string of the molecule is CCN(C)C(=O)CN1CCCc2cc(C(=O)O)ccc21. The summed E-state index contributed by atoms with van der Waals surface area (Å²) >= 11 is 0. The van der Waals surface area contributed by atoms with Gasteiger partial charge in [-0.3, -0.25) is 4.79 Å². The number of hydrogen-bond acceptors (Lipinski definition) is 3. The van der Waals surface area contributed by atoms with Crippen molar-refractivity contribution in [2.75, 3.05) is 31.6 Å². The van der Waals surface area contributed by atoms with E-state index >= 15 is 0 Å². The lowest BCUT2D eigenvalue weighted by molar-refractivity contribution is -0.128. The van der Waals surface area contributed by atoms with Crippen LogP contribution < -0.4 is 4.90 Å². The van der Waals surface area contributed by atoms with E-state index in [4.69, 9.17) is 5.11 Å². The highest BCUT2D eigenvalue weighted by atomic mass is 16.4. The van der Waals surface area contributed by atoms with Gasteiger partial charge in [-0.25, -0.2) is 4.79 Å². The van der Waals surface area contributed by atoms with Crippen LogP contribution in [0, 0.1) is 0 Å². The zero-order valence-corrected chi connectivity index (χ0v) is 11.9. The van der Waals surface area contributed by atoms with E-state index in [-0.39, 0.29) is 5.91 Å². The molecule has 1 heterocycles. The highest BCUT2D eigenvalue weighted by Gasteiger charge is 2.21. The van der Waals surface area contributed by atoms with E-state index in [0.717, 1.165) is 30.6 Å². The van der Waals surface area contributed by atoms with Crippen LogP contribution in [-0.2, 0) is 11.2 Å². The lowest BCUT2D eigenvalue weighted by atomic mass is 9.99. The Morgan fingerprint density at radius 2 is 2.15 bits per heavy atom. The van der Waals surface area contributed by atoms with Crippen molar-refractivity contribution in [2.24, 2.45) is 0 Å². The fraction of sp³-hybridized carbons (Fsp3) is 0.467. The molecular weight excluding hydrogens is 256 g/mol. The Bertz CT molecular complexity index is 528. The van der Waals surface area contributed by atoms with Gasteiger partial charge in [0.1, 0.15) is 0 Å². The molecular formula is C15H20N2O3. The molecule has 1 aliphatic rings. The van der Waals surface area contributed by atoms with Crippen molar-refractivity contribution < 1.29 is 14.7 Å². The number of rotatable bonds is 4. The van der Waals surface area contributed by atoms with Crippen LogP contribution in [0.3, 0.4) is 0 Å². The molecule has 2 rings (SSSR count). The maximum absolute atomic E-state index is 12.0. The summed E-state index contributed by atoms with van der Waals surface area (Å²) in [5.74, 6) is -0.825. The average Bonchev–Trinajstić information content (AvgIpc) is 2.45. The topological polar surface area (TPSA) is 60.9 Å². The van der Waals surface area contributed by atoms with Gasteiger partial charge in [0, 0.05) is 25.8 Å². The van der Waals surface area contributed by atoms with Crippen LogP contribution in [-0.4, -0.2) is 48.6 Å². The molecule has 1 amide bonds. The number of carbonyl (C=O) groups is 2. The third-order valence-corrected chi connectivity index (χ3v) is 3.77. The smallest absolute Gasteiger partial charge is 0.335 e. The van der Waals surface area contributed by atoms with E-state index in [0.29, 0.717) is 18.7 Å². The van der Waals surface area contributed by atoms with Gasteiger partial charge in [-0.15, -0.1) is 0 Å². The molecule has 20 heavy (non-hydrogen) atoms. The summed E-state index contributed by atoms with van der Waals surface area (Å²) in [6, 6.07) is 5.14. The maximum Gasteiger partial charge on any atom is 0.335 e. The number of carbonyl (C=O) groups excluding carboxylic acids is 1. The summed E-state index contributed by atoms with van der Waals surface area (Å²) in [7, 11) is 1.79. The van der Waals surface area contributed by atoms with Gasteiger partial charge >= 0.3 is 5.97 Å². The van der Waals surface area contributed by atoms with Crippen molar-refractivity contribution in [1.82, 2.24) is 4.90 Å². The standard InChI is InChI=1S/C15H20N2O3/c1-3-16(2)14(18)10-17-8-4-5-11-9-12(15(19)20)6-7-13(11)17/h6-7,9H,3-5,8,10H2,1-2H3,(H,19,20). The van der Waals surface area contributed by atoms with Gasteiger partial charge < -0.3 is 14.9 Å². The predicted octanol–water partition coefficient (Wildman–Crippen LogP) is 1.62. The summed E-state index contributed by atoms with van der Waals surface area (Å²) in [5.41, 5.74) is 2.31. The van der Waals surface area contributed by atoms with Crippen molar-refractivity contribution >= 4 is 17.6 Å². The quantitative estimate of drug-likeness (QED) is 0.907. The van der Waals surface area contributed by atoms with Crippen LogP contribution >= 0.6 is 0 Å². The van der Waals surface area contributed by atoms with Gasteiger partial charge in [0.05, 0.1) is 12.1 Å². The van der Waals surface area contributed by atoms with Crippen molar-refractivity contribution in [3.8, 4) is 0 Å². The lowest BCUT2D eigenvalue weighted by Crippen LogP contribution is -2.40. The van der Waals surface area contributed by atoms with Crippen molar-refractivity contribution in [2.45, 2.75) is 19.8 Å². The first kappa shape index (κ1) is 14.4. The predicted molar refractivity (Wildman–Crippen MR) is 77.2 cm³/mol. The minimum Gasteiger partial charge on any atom is -0.478 e. The van der Waals surface area contributed by atoms with E-state index in [9.17, 15) is 9.59 Å². The molecule has 0 spiro atoms. The molecule has 1 N–H and O–H groups in total. The first-order valence-corrected chi connectivity index (χ1v) is 6.88. The van der Waals surface area contributed by atoms with Crippen LogP contribution in [0.4, 0.5) is 5.69 Å². The van der Waals surface area contributed by atoms with Crippen LogP contribution in [0.2, 0.25) is 0 Å². The zero-order chi connectivity index (χ0) is 14.7. The Balaban J connectivity index is 2.20. The van der Waals surface area contributed by atoms with Crippen molar-refractivity contribution in [3.63, 3.8) is 0 Å². The molecule has 0 fully saturated rings. The van der Waals surface area contributed by atoms with Crippen LogP contribution in [0.15, 0.2) is 18.2 Å². The van der Waals surface area contributed by atoms with Gasteiger partial charge in [0.15, 0.2) is 0 Å². The Kier molecular flexibility index (Phi) is 4.27. The van der Waals surface area contributed by atoms with Crippen LogP contribution in [0.1, 0.15) is 29.3 Å². The first-order valence-electron chi connectivity index (χ1n) is 6.88. The van der Waals surface area contributed by atoms with Crippen molar-refractivity contribution in [3.05, 3.63) is 29.3 Å². The second kappa shape index (κ2) is 5.94. The third-order valence-electron chi connectivity index (χ3n) is 3.77. The second-order valence-corrected chi connectivity index (χ2v) is 5.08. The number of carboxylic acid groups (broad SMARTS) is 1. The molecule has 1 aromatic rings. The Morgan fingerprint density at radius 1 is 1.40 bits per heavy atom. The van der Waals surface area contributed by atoms with E-state index < -0.39 is 5.97 Å². The molecule has 0 unspecified atom stereocenters. The molecule has 0 radical (unpaired) electrons. The number of nitrogens with zero attached hydrogens (tertiary/aromatic N) is 2. The maximum atomic E-state index is 12.0. The van der Waals surface area contributed by atoms with Gasteiger partial charge in [-0.05, 0) is 43.5 Å². The second-order valence-electron chi connectivity index (χ2n) is 5.08. The monoisotopic (exact) mass is 276 g/mol. The van der Waals surface area contributed by atoms with Crippen LogP contribution in [0.5, 0.6) is 0 Å². The van der Waals surface area contributed by atoms with Crippen molar-refractivity contribution in [1.29, 1.82) is 0 Å². The molecule has 5 nitrogen and oxygen atoms in total. The van der Waals surface area contributed by atoms with Gasteiger partial charge in [-0.2, -0.15) is 0 Å². The lowest BCUT2D eigenvalue weighted by Gasteiger charge is -2.32. The van der Waals surface area contributed by atoms with Crippen LogP contribution in [0.25, 0.3) is 0 Å². The molecule has 5 heteroatoms. The van der Waals surface area contributed by atoms with E-state index in [1.807, 2.05) is 17.9 Å². The third kappa shape index (κ3) is 2.92. The zero-order valence-electron chi connectivity index (χ0n) is 11.9. The number of amides is 1. The Hall–Kier alpha value is -2.04. The summed E-state index contributed by atoms with van der Waals surface area (Å²) in [4.78, 5) is 26.8.